The van der Waals surface area contributed by atoms with Crippen molar-refractivity contribution < 1.29 is 9.47 Å². The Balaban J connectivity index is 1.52. The van der Waals surface area contributed by atoms with Gasteiger partial charge in [-0.25, -0.2) is 4.98 Å². The number of hydrogen-bond donors (Lipinski definition) is 1. The summed E-state index contributed by atoms with van der Waals surface area (Å²) in [5.41, 5.74) is 3.74. The van der Waals surface area contributed by atoms with E-state index in [4.69, 9.17) is 31.2 Å². The number of aromatic nitrogens is 3. The average Bonchev–Trinajstić information content (AvgIpc) is 3.64. The molecule has 0 bridgehead atoms. The highest BCUT2D eigenvalue weighted by Gasteiger charge is 2.30. The number of ether oxygens (including phenoxy) is 2. The Labute approximate surface area is 209 Å². The molecule has 1 saturated heterocycles. The van der Waals surface area contributed by atoms with Crippen molar-refractivity contribution in [3.05, 3.63) is 46.0 Å². The van der Waals surface area contributed by atoms with Gasteiger partial charge in [0.25, 0.3) is 0 Å². The predicted octanol–water partition coefficient (Wildman–Crippen LogP) is 4.28. The zero-order chi connectivity index (χ0) is 24.4. The molecule has 10 heteroatoms. The number of hydrogen-bond acceptors (Lipinski definition) is 8. The van der Waals surface area contributed by atoms with Crippen LogP contribution in [-0.2, 0) is 4.74 Å². The summed E-state index contributed by atoms with van der Waals surface area (Å²) in [6.45, 7) is 2.15. The van der Waals surface area contributed by atoms with E-state index >= 15 is 0 Å². The van der Waals surface area contributed by atoms with Gasteiger partial charge in [0.15, 0.2) is 5.65 Å². The van der Waals surface area contributed by atoms with Gasteiger partial charge < -0.3 is 19.7 Å². The largest absolute Gasteiger partial charge is 0.491 e. The third kappa shape index (κ3) is 5.27. The zero-order valence-electron chi connectivity index (χ0n) is 20.1. The van der Waals surface area contributed by atoms with Crippen LogP contribution in [0.25, 0.3) is 16.9 Å². The van der Waals surface area contributed by atoms with Crippen molar-refractivity contribution in [2.75, 3.05) is 45.4 Å². The summed E-state index contributed by atoms with van der Waals surface area (Å²) < 4.78 is 13.4. The lowest BCUT2D eigenvalue weighted by Gasteiger charge is -2.33. The SMILES string of the molecule is CNC[C@@H](COc1cc(Cl)cc(-c2cc(N(C)C3CCOCC3)n3ncc(C4CC4)c3n2)c1)N=O. The third-order valence-corrected chi connectivity index (χ3v) is 7.01. The Kier molecular flexibility index (Phi) is 7.17. The molecule has 0 spiro atoms. The Morgan fingerprint density at radius 1 is 1.26 bits per heavy atom. The second-order valence-corrected chi connectivity index (χ2v) is 9.80. The van der Waals surface area contributed by atoms with Gasteiger partial charge >= 0.3 is 0 Å². The van der Waals surface area contributed by atoms with Gasteiger partial charge in [0.1, 0.15) is 24.2 Å². The predicted molar refractivity (Wildman–Crippen MR) is 137 cm³/mol. The number of nitroso groups, excluding NO2 is 1. The maximum atomic E-state index is 11.1. The van der Waals surface area contributed by atoms with E-state index in [1.165, 1.54) is 18.4 Å². The number of benzene rings is 1. The second-order valence-electron chi connectivity index (χ2n) is 9.37. The second kappa shape index (κ2) is 10.5. The number of anilines is 1. The van der Waals surface area contributed by atoms with Crippen molar-refractivity contribution in [1.82, 2.24) is 19.9 Å². The Hall–Kier alpha value is -2.75. The van der Waals surface area contributed by atoms with Gasteiger partial charge in [0.05, 0.1) is 11.9 Å². The van der Waals surface area contributed by atoms with E-state index in [0.29, 0.717) is 29.3 Å². The maximum absolute atomic E-state index is 11.1. The van der Waals surface area contributed by atoms with Gasteiger partial charge in [-0.05, 0) is 56.8 Å². The quantitative estimate of drug-likeness (QED) is 0.417. The fourth-order valence-corrected chi connectivity index (χ4v) is 4.88. The minimum atomic E-state index is -0.482. The lowest BCUT2D eigenvalue weighted by atomic mass is 10.1. The van der Waals surface area contributed by atoms with Crippen LogP contribution in [0.5, 0.6) is 5.75 Å². The van der Waals surface area contributed by atoms with E-state index in [2.05, 4.69) is 28.5 Å². The Morgan fingerprint density at radius 3 is 2.77 bits per heavy atom. The van der Waals surface area contributed by atoms with Gasteiger partial charge in [-0.2, -0.15) is 14.5 Å². The summed E-state index contributed by atoms with van der Waals surface area (Å²) >= 11 is 6.48. The molecule has 0 unspecified atom stereocenters. The monoisotopic (exact) mass is 498 g/mol. The number of likely N-dealkylation sites (N-methyl/N-ethyl adjacent to an activating group) is 1. The minimum Gasteiger partial charge on any atom is -0.491 e. The molecule has 0 radical (unpaired) electrons. The van der Waals surface area contributed by atoms with E-state index in [1.54, 1.807) is 13.1 Å². The number of nitrogens with one attached hydrogen (secondary N) is 1. The van der Waals surface area contributed by atoms with Crippen molar-refractivity contribution in [2.45, 2.75) is 43.7 Å². The molecule has 186 valence electrons. The van der Waals surface area contributed by atoms with Crippen molar-refractivity contribution in [2.24, 2.45) is 5.18 Å². The molecule has 3 aromatic rings. The topological polar surface area (TPSA) is 93.3 Å². The number of halogens is 1. The molecule has 1 aliphatic heterocycles. The van der Waals surface area contributed by atoms with E-state index < -0.39 is 6.04 Å². The number of nitrogens with zero attached hydrogens (tertiary/aromatic N) is 5. The summed E-state index contributed by atoms with van der Waals surface area (Å²) in [5, 5.41) is 11.3. The molecular weight excluding hydrogens is 468 g/mol. The summed E-state index contributed by atoms with van der Waals surface area (Å²) in [6, 6.07) is 7.50. The Bertz CT molecular complexity index is 1190. The number of rotatable bonds is 10. The summed E-state index contributed by atoms with van der Waals surface area (Å²) in [7, 11) is 3.90. The number of fused-ring (bicyclic) bond motifs is 1. The molecule has 1 aliphatic carbocycles. The molecule has 5 rings (SSSR count). The lowest BCUT2D eigenvalue weighted by molar-refractivity contribution is 0.0853. The van der Waals surface area contributed by atoms with Crippen LogP contribution in [-0.4, -0.2) is 67.1 Å². The molecule has 1 N–H and O–H groups in total. The van der Waals surface area contributed by atoms with Gasteiger partial charge in [-0.1, -0.05) is 16.8 Å². The summed E-state index contributed by atoms with van der Waals surface area (Å²) in [4.78, 5) is 18.4. The van der Waals surface area contributed by atoms with E-state index in [-0.39, 0.29) is 6.61 Å². The summed E-state index contributed by atoms with van der Waals surface area (Å²) in [5.74, 6) is 2.09. The van der Waals surface area contributed by atoms with Crippen molar-refractivity contribution in [1.29, 1.82) is 0 Å². The molecule has 1 atom stereocenters. The van der Waals surface area contributed by atoms with Gasteiger partial charge in [-0.15, -0.1) is 0 Å². The molecular formula is C25H31ClN6O3. The van der Waals surface area contributed by atoms with E-state index in [9.17, 15) is 4.91 Å². The summed E-state index contributed by atoms with van der Waals surface area (Å²) in [6.07, 6.45) is 6.25. The van der Waals surface area contributed by atoms with Gasteiger partial charge in [0.2, 0.25) is 0 Å². The third-order valence-electron chi connectivity index (χ3n) is 6.80. The van der Waals surface area contributed by atoms with Crippen LogP contribution in [0.3, 0.4) is 0 Å². The first-order chi connectivity index (χ1) is 17.1. The molecule has 1 saturated carbocycles. The first-order valence-corrected chi connectivity index (χ1v) is 12.5. The Morgan fingerprint density at radius 2 is 2.06 bits per heavy atom. The van der Waals surface area contributed by atoms with Crippen molar-refractivity contribution in [3.63, 3.8) is 0 Å². The first-order valence-electron chi connectivity index (χ1n) is 12.2. The van der Waals surface area contributed by atoms with Crippen LogP contribution >= 0.6 is 11.6 Å². The maximum Gasteiger partial charge on any atom is 0.161 e. The minimum absolute atomic E-state index is 0.169. The fourth-order valence-electron chi connectivity index (χ4n) is 4.65. The molecule has 3 heterocycles. The highest BCUT2D eigenvalue weighted by Crippen LogP contribution is 2.42. The standard InChI is InChI=1S/C25H31ClN6O3/c1-27-13-19(30-33)15-35-21-10-17(9-18(26)11-21)23-12-24(31(2)20-5-7-34-8-6-20)32-25(29-23)22(14-28-32)16-3-4-16/h9-12,14,16,19-20,27H,3-8,13,15H2,1-2H3/t19-/m0/s1. The van der Waals surface area contributed by atoms with Crippen molar-refractivity contribution >= 4 is 23.1 Å². The van der Waals surface area contributed by atoms with Crippen LogP contribution in [0.1, 0.15) is 37.2 Å². The van der Waals surface area contributed by atoms with E-state index in [1.807, 2.05) is 22.8 Å². The van der Waals surface area contributed by atoms with Gasteiger partial charge in [-0.3, -0.25) is 0 Å². The molecule has 1 aromatic carbocycles. The zero-order valence-corrected chi connectivity index (χ0v) is 20.9. The fraction of sp³-hybridized carbons (Fsp3) is 0.520. The van der Waals surface area contributed by atoms with Crippen LogP contribution in [0.2, 0.25) is 5.02 Å². The lowest BCUT2D eigenvalue weighted by Crippen LogP contribution is -2.37. The van der Waals surface area contributed by atoms with Crippen molar-refractivity contribution in [3.8, 4) is 17.0 Å². The average molecular weight is 499 g/mol. The first kappa shape index (κ1) is 24.0. The molecule has 9 nitrogen and oxygen atoms in total. The smallest absolute Gasteiger partial charge is 0.161 e. The highest BCUT2D eigenvalue weighted by molar-refractivity contribution is 6.31. The molecule has 2 aromatic heterocycles. The molecule has 2 fully saturated rings. The molecule has 0 amide bonds. The van der Waals surface area contributed by atoms with Crippen LogP contribution < -0.4 is 15.0 Å². The highest BCUT2D eigenvalue weighted by atomic mass is 35.5. The van der Waals surface area contributed by atoms with Crippen LogP contribution in [0.15, 0.2) is 35.6 Å². The van der Waals surface area contributed by atoms with Crippen LogP contribution in [0.4, 0.5) is 5.82 Å². The van der Waals surface area contributed by atoms with E-state index in [0.717, 1.165) is 48.8 Å². The van der Waals surface area contributed by atoms with Crippen LogP contribution in [0, 0.1) is 4.91 Å². The molecule has 2 aliphatic rings. The normalized spacial score (nSPS) is 17.5. The van der Waals surface area contributed by atoms with Gasteiger partial charge in [0, 0.05) is 55.1 Å². The molecule has 35 heavy (non-hydrogen) atoms.